The van der Waals surface area contributed by atoms with Gasteiger partial charge in [-0.2, -0.15) is 4.39 Å². The number of nitrogens with zero attached hydrogens (tertiary/aromatic N) is 1. The van der Waals surface area contributed by atoms with Gasteiger partial charge < -0.3 is 14.8 Å². The first-order valence-corrected chi connectivity index (χ1v) is 9.19. The van der Waals surface area contributed by atoms with E-state index < -0.39 is 34.9 Å². The van der Waals surface area contributed by atoms with Crippen LogP contribution in [0.2, 0.25) is 0 Å². The minimum absolute atomic E-state index is 0.0196. The van der Waals surface area contributed by atoms with Gasteiger partial charge in [-0.15, -0.1) is 0 Å². The van der Waals surface area contributed by atoms with E-state index in [1.807, 2.05) is 24.3 Å². The van der Waals surface area contributed by atoms with Crippen molar-refractivity contribution in [1.82, 2.24) is 0 Å². The number of benzene rings is 2. The second kappa shape index (κ2) is 9.82. The number of halogens is 1. The van der Waals surface area contributed by atoms with E-state index >= 15 is 0 Å². The zero-order valence-corrected chi connectivity index (χ0v) is 16.9. The number of carbonyl (C=O) groups excluding carboxylic acids is 2. The van der Waals surface area contributed by atoms with Crippen LogP contribution in [0, 0.1) is 15.9 Å². The zero-order chi connectivity index (χ0) is 22.3. The number of amides is 1. The molecule has 2 aromatic carbocycles. The summed E-state index contributed by atoms with van der Waals surface area (Å²) in [5.74, 6) is -1.74. The summed E-state index contributed by atoms with van der Waals surface area (Å²) >= 11 is 0. The number of nitro benzene ring substituents is 1. The molecule has 2 rings (SSSR count). The van der Waals surface area contributed by atoms with Crippen molar-refractivity contribution in [3.8, 4) is 5.75 Å². The number of carbonyl (C=O) groups is 2. The maximum absolute atomic E-state index is 13.3. The Kier molecular flexibility index (Phi) is 7.46. The molecule has 0 aliphatic rings. The molecule has 2 aromatic rings. The van der Waals surface area contributed by atoms with Crippen LogP contribution in [-0.2, 0) is 19.7 Å². The molecule has 160 valence electrons. The van der Waals surface area contributed by atoms with Crippen LogP contribution in [0.4, 0.5) is 15.8 Å². The van der Waals surface area contributed by atoms with E-state index in [0.29, 0.717) is 5.75 Å². The highest BCUT2D eigenvalue weighted by Gasteiger charge is 2.16. The second-order valence-electron chi connectivity index (χ2n) is 7.50. The number of rotatable bonds is 8. The van der Waals surface area contributed by atoms with E-state index in [4.69, 9.17) is 9.47 Å². The predicted molar refractivity (Wildman–Crippen MR) is 108 cm³/mol. The van der Waals surface area contributed by atoms with Crippen molar-refractivity contribution in [3.63, 3.8) is 0 Å². The van der Waals surface area contributed by atoms with E-state index in [2.05, 4.69) is 26.1 Å². The molecular weight excluding hydrogens is 395 g/mol. The molecule has 0 bridgehead atoms. The van der Waals surface area contributed by atoms with Crippen molar-refractivity contribution in [3.05, 3.63) is 64.0 Å². The predicted octanol–water partition coefficient (Wildman–Crippen LogP) is 3.98. The van der Waals surface area contributed by atoms with Crippen LogP contribution in [-0.4, -0.2) is 30.0 Å². The summed E-state index contributed by atoms with van der Waals surface area (Å²) in [5, 5.41) is 13.0. The van der Waals surface area contributed by atoms with Crippen LogP contribution in [0.3, 0.4) is 0 Å². The number of esters is 1. The molecule has 8 nitrogen and oxygen atoms in total. The molecule has 1 amide bonds. The molecule has 30 heavy (non-hydrogen) atoms. The molecule has 0 saturated heterocycles. The highest BCUT2D eigenvalue weighted by atomic mass is 19.1. The molecule has 0 atom stereocenters. The minimum Gasteiger partial charge on any atom is -0.493 e. The first-order chi connectivity index (χ1) is 14.1. The van der Waals surface area contributed by atoms with Crippen molar-refractivity contribution in [1.29, 1.82) is 0 Å². The Morgan fingerprint density at radius 2 is 1.80 bits per heavy atom. The SMILES string of the molecule is CC(C)(C)c1ccc(OCCC(=O)OCC(=O)Nc2ccc(F)c([N+](=O)[O-])c2)cc1. The van der Waals surface area contributed by atoms with Gasteiger partial charge >= 0.3 is 11.7 Å². The van der Waals surface area contributed by atoms with Crippen LogP contribution in [0.15, 0.2) is 42.5 Å². The monoisotopic (exact) mass is 418 g/mol. The average Bonchev–Trinajstić information content (AvgIpc) is 2.67. The fourth-order valence-electron chi connectivity index (χ4n) is 2.45. The van der Waals surface area contributed by atoms with E-state index in [1.165, 1.54) is 6.07 Å². The smallest absolute Gasteiger partial charge is 0.309 e. The van der Waals surface area contributed by atoms with Gasteiger partial charge in [0.25, 0.3) is 5.91 Å². The van der Waals surface area contributed by atoms with E-state index in [1.54, 1.807) is 0 Å². The van der Waals surface area contributed by atoms with Gasteiger partial charge in [0.15, 0.2) is 6.61 Å². The summed E-state index contributed by atoms with van der Waals surface area (Å²) in [6.07, 6.45) is -0.0592. The van der Waals surface area contributed by atoms with Crippen molar-refractivity contribution < 1.29 is 28.4 Å². The molecule has 0 spiro atoms. The van der Waals surface area contributed by atoms with Gasteiger partial charge in [0.05, 0.1) is 18.0 Å². The van der Waals surface area contributed by atoms with Gasteiger partial charge in [-0.1, -0.05) is 32.9 Å². The third kappa shape index (κ3) is 6.84. The van der Waals surface area contributed by atoms with Gasteiger partial charge in [-0.3, -0.25) is 19.7 Å². The Labute approximate surface area is 173 Å². The van der Waals surface area contributed by atoms with Crippen LogP contribution >= 0.6 is 0 Å². The third-order valence-corrected chi connectivity index (χ3v) is 4.09. The molecular formula is C21H23FN2O6. The number of nitrogens with one attached hydrogen (secondary N) is 1. The largest absolute Gasteiger partial charge is 0.493 e. The lowest BCUT2D eigenvalue weighted by Crippen LogP contribution is -2.21. The van der Waals surface area contributed by atoms with Crippen molar-refractivity contribution in [2.75, 3.05) is 18.5 Å². The number of hydrogen-bond acceptors (Lipinski definition) is 6. The number of hydrogen-bond donors (Lipinski definition) is 1. The summed E-state index contributed by atoms with van der Waals surface area (Å²) in [4.78, 5) is 33.4. The normalized spacial score (nSPS) is 10.9. The molecule has 1 N–H and O–H groups in total. The summed E-state index contributed by atoms with van der Waals surface area (Å²) in [7, 11) is 0. The summed E-state index contributed by atoms with van der Waals surface area (Å²) in [5.41, 5.74) is 0.442. The summed E-state index contributed by atoms with van der Waals surface area (Å²) in [6.45, 7) is 5.81. The molecule has 0 fully saturated rings. The number of nitro groups is 1. The van der Waals surface area contributed by atoms with Crippen LogP contribution in [0.25, 0.3) is 0 Å². The fraction of sp³-hybridized carbons (Fsp3) is 0.333. The molecule has 0 saturated carbocycles. The maximum Gasteiger partial charge on any atom is 0.309 e. The topological polar surface area (TPSA) is 108 Å². The summed E-state index contributed by atoms with van der Waals surface area (Å²) < 4.78 is 23.6. The van der Waals surface area contributed by atoms with E-state index in [0.717, 1.165) is 17.7 Å². The third-order valence-electron chi connectivity index (χ3n) is 4.09. The van der Waals surface area contributed by atoms with Crippen molar-refractivity contribution in [2.45, 2.75) is 32.6 Å². The Morgan fingerprint density at radius 3 is 2.40 bits per heavy atom. The van der Waals surface area contributed by atoms with Gasteiger partial charge in [0.2, 0.25) is 5.82 Å². The maximum atomic E-state index is 13.3. The van der Waals surface area contributed by atoms with Gasteiger partial charge in [-0.05, 0) is 35.2 Å². The zero-order valence-electron chi connectivity index (χ0n) is 16.9. The molecule has 0 radical (unpaired) electrons. The molecule has 9 heteroatoms. The highest BCUT2D eigenvalue weighted by molar-refractivity contribution is 5.93. The first kappa shape index (κ1) is 22.8. The molecule has 0 heterocycles. The van der Waals surface area contributed by atoms with Gasteiger partial charge in [0.1, 0.15) is 5.75 Å². The quantitative estimate of drug-likeness (QED) is 0.395. The lowest BCUT2D eigenvalue weighted by Gasteiger charge is -2.19. The lowest BCUT2D eigenvalue weighted by atomic mass is 9.87. The second-order valence-corrected chi connectivity index (χ2v) is 7.50. The Balaban J connectivity index is 1.73. The molecule has 0 aromatic heterocycles. The fourth-order valence-corrected chi connectivity index (χ4v) is 2.45. The molecule has 0 aliphatic carbocycles. The van der Waals surface area contributed by atoms with E-state index in [-0.39, 0.29) is 24.1 Å². The Hall–Kier alpha value is -3.49. The van der Waals surface area contributed by atoms with Crippen molar-refractivity contribution >= 4 is 23.3 Å². The van der Waals surface area contributed by atoms with Crippen molar-refractivity contribution in [2.24, 2.45) is 0 Å². The lowest BCUT2D eigenvalue weighted by molar-refractivity contribution is -0.387. The number of ether oxygens (including phenoxy) is 2. The van der Waals surface area contributed by atoms with Crippen LogP contribution in [0.5, 0.6) is 5.75 Å². The van der Waals surface area contributed by atoms with Gasteiger partial charge in [-0.25, -0.2) is 0 Å². The Morgan fingerprint density at radius 1 is 1.13 bits per heavy atom. The molecule has 0 aliphatic heterocycles. The first-order valence-electron chi connectivity index (χ1n) is 9.19. The standard InChI is InChI=1S/C21H23FN2O6/c1-21(2,3)14-4-7-16(8-5-14)29-11-10-20(26)30-13-19(25)23-15-6-9-17(22)18(12-15)24(27)28/h4-9,12H,10-11,13H2,1-3H3,(H,23,25). The van der Waals surface area contributed by atoms with Gasteiger partial charge in [0, 0.05) is 11.8 Å². The number of anilines is 1. The van der Waals surface area contributed by atoms with Crippen LogP contribution in [0.1, 0.15) is 32.8 Å². The molecule has 0 unspecified atom stereocenters. The highest BCUT2D eigenvalue weighted by Crippen LogP contribution is 2.24. The summed E-state index contributed by atoms with van der Waals surface area (Å²) in [6, 6.07) is 10.5. The Bertz CT molecular complexity index is 922. The van der Waals surface area contributed by atoms with E-state index in [9.17, 15) is 24.1 Å². The minimum atomic E-state index is -1.02. The average molecular weight is 418 g/mol. The van der Waals surface area contributed by atoms with Crippen LogP contribution < -0.4 is 10.1 Å².